The summed E-state index contributed by atoms with van der Waals surface area (Å²) in [5, 5.41) is 1.47. The molecule has 7 nitrogen and oxygen atoms in total. The number of halogens is 1. The Balaban J connectivity index is 1.86. The van der Waals surface area contributed by atoms with Crippen molar-refractivity contribution < 1.29 is 9.59 Å². The SMILES string of the molecule is CCCn1c(SCC(=O)N2CCCC[C@H]2C(N)=O)nc2cc(Cl)ccc2c1=O. The number of likely N-dealkylation sites (tertiary alicyclic amines) is 1. The third-order valence-electron chi connectivity index (χ3n) is 4.81. The van der Waals surface area contributed by atoms with Crippen molar-refractivity contribution in [2.24, 2.45) is 5.73 Å². The number of primary amides is 1. The quantitative estimate of drug-likeness (QED) is 0.569. The van der Waals surface area contributed by atoms with Crippen molar-refractivity contribution in [3.63, 3.8) is 0 Å². The van der Waals surface area contributed by atoms with E-state index in [1.807, 2.05) is 6.92 Å². The zero-order chi connectivity index (χ0) is 20.3. The normalized spacial score (nSPS) is 17.1. The number of benzene rings is 1. The highest BCUT2D eigenvalue weighted by Crippen LogP contribution is 2.23. The zero-order valence-corrected chi connectivity index (χ0v) is 17.3. The van der Waals surface area contributed by atoms with Crippen molar-refractivity contribution in [2.45, 2.75) is 50.4 Å². The average Bonchev–Trinajstić information content (AvgIpc) is 2.68. The van der Waals surface area contributed by atoms with E-state index in [1.165, 1.54) is 11.8 Å². The fourth-order valence-corrected chi connectivity index (χ4v) is 4.52. The van der Waals surface area contributed by atoms with Gasteiger partial charge in [-0.1, -0.05) is 30.3 Å². The van der Waals surface area contributed by atoms with E-state index >= 15 is 0 Å². The second-order valence-electron chi connectivity index (χ2n) is 6.80. The molecular weight excluding hydrogens is 400 g/mol. The van der Waals surface area contributed by atoms with Crippen LogP contribution in [0.25, 0.3) is 10.9 Å². The van der Waals surface area contributed by atoms with Gasteiger partial charge in [-0.05, 0) is 43.9 Å². The van der Waals surface area contributed by atoms with Crippen molar-refractivity contribution in [1.82, 2.24) is 14.5 Å². The largest absolute Gasteiger partial charge is 0.368 e. The molecule has 1 fully saturated rings. The Morgan fingerprint density at radius 1 is 1.36 bits per heavy atom. The van der Waals surface area contributed by atoms with E-state index in [2.05, 4.69) is 4.98 Å². The van der Waals surface area contributed by atoms with Gasteiger partial charge >= 0.3 is 0 Å². The van der Waals surface area contributed by atoms with Crippen LogP contribution >= 0.6 is 23.4 Å². The van der Waals surface area contributed by atoms with Crippen molar-refractivity contribution in [3.05, 3.63) is 33.6 Å². The van der Waals surface area contributed by atoms with Crippen LogP contribution in [0.5, 0.6) is 0 Å². The second kappa shape index (κ2) is 8.96. The number of hydrogen-bond acceptors (Lipinski definition) is 5. The number of nitrogens with zero attached hydrogens (tertiary/aromatic N) is 3. The first-order valence-electron chi connectivity index (χ1n) is 9.34. The van der Waals surface area contributed by atoms with Crippen LogP contribution in [0.3, 0.4) is 0 Å². The van der Waals surface area contributed by atoms with Gasteiger partial charge in [0.1, 0.15) is 6.04 Å². The maximum atomic E-state index is 12.8. The Hall–Kier alpha value is -2.06. The third kappa shape index (κ3) is 4.33. The lowest BCUT2D eigenvalue weighted by molar-refractivity contribution is -0.138. The number of aromatic nitrogens is 2. The van der Waals surface area contributed by atoms with Crippen LogP contribution in [0.2, 0.25) is 5.02 Å². The second-order valence-corrected chi connectivity index (χ2v) is 8.18. The predicted octanol–water partition coefficient (Wildman–Crippen LogP) is 2.42. The standard InChI is InChI=1S/C19H23ClN4O3S/c1-2-8-24-18(27)13-7-6-12(20)10-14(13)22-19(24)28-11-16(25)23-9-4-3-5-15(23)17(21)26/h6-7,10,15H,2-5,8-9,11H2,1H3,(H2,21,26)/t15-/m0/s1. The summed E-state index contributed by atoms with van der Waals surface area (Å²) >= 11 is 7.24. The highest BCUT2D eigenvalue weighted by Gasteiger charge is 2.30. The lowest BCUT2D eigenvalue weighted by Crippen LogP contribution is -2.51. The lowest BCUT2D eigenvalue weighted by atomic mass is 10.0. The monoisotopic (exact) mass is 422 g/mol. The molecule has 0 unspecified atom stereocenters. The number of nitrogens with two attached hydrogens (primary N) is 1. The Kier molecular flexibility index (Phi) is 6.61. The molecule has 1 aliphatic heterocycles. The molecule has 9 heteroatoms. The topological polar surface area (TPSA) is 98.3 Å². The van der Waals surface area contributed by atoms with Gasteiger partial charge in [0.2, 0.25) is 11.8 Å². The van der Waals surface area contributed by atoms with Crippen LogP contribution < -0.4 is 11.3 Å². The highest BCUT2D eigenvalue weighted by molar-refractivity contribution is 7.99. The minimum atomic E-state index is -0.553. The molecule has 0 saturated carbocycles. The fraction of sp³-hybridized carbons (Fsp3) is 0.474. The van der Waals surface area contributed by atoms with E-state index in [9.17, 15) is 14.4 Å². The summed E-state index contributed by atoms with van der Waals surface area (Å²) in [6, 6.07) is 4.43. The van der Waals surface area contributed by atoms with Gasteiger partial charge in [-0.15, -0.1) is 0 Å². The predicted molar refractivity (Wildman–Crippen MR) is 111 cm³/mol. The number of carbonyl (C=O) groups excluding carboxylic acids is 2. The van der Waals surface area contributed by atoms with E-state index in [-0.39, 0.29) is 17.2 Å². The molecule has 2 amide bonds. The molecule has 3 rings (SSSR count). The van der Waals surface area contributed by atoms with Crippen molar-refractivity contribution >= 4 is 46.1 Å². The molecule has 1 atom stereocenters. The first kappa shape index (κ1) is 20.7. The average molecular weight is 423 g/mol. The van der Waals surface area contributed by atoms with Crippen LogP contribution in [-0.4, -0.2) is 44.6 Å². The maximum Gasteiger partial charge on any atom is 0.262 e. The van der Waals surface area contributed by atoms with E-state index in [0.717, 1.165) is 19.3 Å². The number of piperidine rings is 1. The number of rotatable bonds is 6. The Labute approximate surface area is 172 Å². The number of hydrogen-bond donors (Lipinski definition) is 1. The van der Waals surface area contributed by atoms with Gasteiger partial charge in [0, 0.05) is 18.1 Å². The van der Waals surface area contributed by atoms with Crippen LogP contribution in [0.4, 0.5) is 0 Å². The maximum absolute atomic E-state index is 12.8. The molecule has 1 saturated heterocycles. The molecule has 1 aromatic heterocycles. The summed E-state index contributed by atoms with van der Waals surface area (Å²) in [5.74, 6) is -0.553. The van der Waals surface area contributed by atoms with Gasteiger partial charge in [0.05, 0.1) is 16.7 Å². The summed E-state index contributed by atoms with van der Waals surface area (Å²) < 4.78 is 1.59. The fourth-order valence-electron chi connectivity index (χ4n) is 3.44. The van der Waals surface area contributed by atoms with Crippen molar-refractivity contribution in [3.8, 4) is 0 Å². The van der Waals surface area contributed by atoms with Crippen LogP contribution in [0, 0.1) is 0 Å². The van der Waals surface area contributed by atoms with Gasteiger partial charge in [-0.3, -0.25) is 19.0 Å². The molecule has 2 heterocycles. The molecular formula is C19H23ClN4O3S. The molecule has 2 N–H and O–H groups in total. The summed E-state index contributed by atoms with van der Waals surface area (Å²) in [6.45, 7) is 3.01. The first-order chi connectivity index (χ1) is 13.4. The summed E-state index contributed by atoms with van der Waals surface area (Å²) in [4.78, 5) is 43.3. The minimum Gasteiger partial charge on any atom is -0.368 e. The number of carbonyl (C=O) groups is 2. The molecule has 1 aliphatic rings. The third-order valence-corrected chi connectivity index (χ3v) is 6.00. The van der Waals surface area contributed by atoms with E-state index in [1.54, 1.807) is 27.7 Å². The molecule has 0 radical (unpaired) electrons. The minimum absolute atomic E-state index is 0.0893. The first-order valence-corrected chi connectivity index (χ1v) is 10.7. The smallest absolute Gasteiger partial charge is 0.262 e. The van der Waals surface area contributed by atoms with Crippen LogP contribution in [-0.2, 0) is 16.1 Å². The molecule has 0 aliphatic carbocycles. The highest BCUT2D eigenvalue weighted by atomic mass is 35.5. The number of amides is 2. The lowest BCUT2D eigenvalue weighted by Gasteiger charge is -2.33. The van der Waals surface area contributed by atoms with Gasteiger partial charge in [0.25, 0.3) is 5.56 Å². The van der Waals surface area contributed by atoms with E-state index in [4.69, 9.17) is 17.3 Å². The molecule has 0 spiro atoms. The van der Waals surface area contributed by atoms with E-state index in [0.29, 0.717) is 40.6 Å². The van der Waals surface area contributed by atoms with Gasteiger partial charge in [-0.2, -0.15) is 0 Å². The summed E-state index contributed by atoms with van der Waals surface area (Å²) in [6.07, 6.45) is 3.10. The summed E-state index contributed by atoms with van der Waals surface area (Å²) in [7, 11) is 0. The molecule has 150 valence electrons. The molecule has 0 bridgehead atoms. The van der Waals surface area contributed by atoms with Crippen molar-refractivity contribution in [2.75, 3.05) is 12.3 Å². The Morgan fingerprint density at radius 2 is 2.14 bits per heavy atom. The zero-order valence-electron chi connectivity index (χ0n) is 15.7. The Bertz CT molecular complexity index is 962. The van der Waals surface area contributed by atoms with Gasteiger partial charge in [-0.25, -0.2) is 4.98 Å². The summed E-state index contributed by atoms with van der Waals surface area (Å²) in [5.41, 5.74) is 5.81. The number of fused-ring (bicyclic) bond motifs is 1. The van der Waals surface area contributed by atoms with E-state index < -0.39 is 11.9 Å². The molecule has 2 aromatic rings. The molecule has 1 aromatic carbocycles. The van der Waals surface area contributed by atoms with Gasteiger partial charge < -0.3 is 10.6 Å². The number of thioether (sulfide) groups is 1. The Morgan fingerprint density at radius 3 is 2.86 bits per heavy atom. The van der Waals surface area contributed by atoms with Crippen molar-refractivity contribution in [1.29, 1.82) is 0 Å². The van der Waals surface area contributed by atoms with Crippen LogP contribution in [0.1, 0.15) is 32.6 Å². The molecule has 28 heavy (non-hydrogen) atoms. The van der Waals surface area contributed by atoms with Gasteiger partial charge in [0.15, 0.2) is 5.16 Å². The van der Waals surface area contributed by atoms with Crippen LogP contribution in [0.15, 0.2) is 28.2 Å².